The highest BCUT2D eigenvalue weighted by atomic mass is 35.5. The standard InChI is InChI=1S/C26H41ClN4O4/c1-30(26(33)34)13-14-35-24(20-9-5-11-22(27)16-20)21-10-6-12-31(18-21)25(32)29-23(17-28)15-19-7-3-2-4-8-19/h5,9,11,16,19,21,23-24H,2-4,6-8,10,12-15,17-18,28H2,1H3,(H,29,32)(H,33,34). The summed E-state index contributed by atoms with van der Waals surface area (Å²) < 4.78 is 6.23. The largest absolute Gasteiger partial charge is 0.465 e. The predicted molar refractivity (Wildman–Crippen MR) is 138 cm³/mol. The number of rotatable bonds is 10. The monoisotopic (exact) mass is 508 g/mol. The van der Waals surface area contributed by atoms with E-state index in [0.717, 1.165) is 24.8 Å². The van der Waals surface area contributed by atoms with E-state index in [9.17, 15) is 9.59 Å². The number of urea groups is 1. The number of benzene rings is 1. The average Bonchev–Trinajstić information content (AvgIpc) is 2.86. The molecule has 1 aliphatic heterocycles. The van der Waals surface area contributed by atoms with E-state index in [1.165, 1.54) is 44.1 Å². The SMILES string of the molecule is CN(CCOC(c1cccc(Cl)c1)C1CCCN(C(=O)NC(CN)CC2CCCCC2)C1)C(=O)O. The normalized spacial score (nSPS) is 20.8. The minimum absolute atomic E-state index is 0.00231. The van der Waals surface area contributed by atoms with Crippen molar-refractivity contribution in [3.63, 3.8) is 0 Å². The number of hydrogen-bond acceptors (Lipinski definition) is 4. The van der Waals surface area contributed by atoms with Crippen LogP contribution in [0.25, 0.3) is 0 Å². The second-order valence-corrected chi connectivity index (χ2v) is 10.5. The van der Waals surface area contributed by atoms with Gasteiger partial charge in [-0.15, -0.1) is 0 Å². The number of ether oxygens (including phenoxy) is 1. The number of carboxylic acid groups (broad SMARTS) is 1. The van der Waals surface area contributed by atoms with E-state index >= 15 is 0 Å². The fourth-order valence-electron chi connectivity index (χ4n) is 5.35. The second-order valence-electron chi connectivity index (χ2n) is 10.0. The third kappa shape index (κ3) is 8.54. The summed E-state index contributed by atoms with van der Waals surface area (Å²) in [6.07, 6.45) is 7.80. The molecule has 0 radical (unpaired) electrons. The molecule has 3 rings (SSSR count). The van der Waals surface area contributed by atoms with Crippen molar-refractivity contribution >= 4 is 23.7 Å². The van der Waals surface area contributed by atoms with Crippen molar-refractivity contribution in [1.29, 1.82) is 0 Å². The van der Waals surface area contributed by atoms with E-state index in [4.69, 9.17) is 27.2 Å². The maximum Gasteiger partial charge on any atom is 0.407 e. The van der Waals surface area contributed by atoms with Crippen LogP contribution in [0.5, 0.6) is 0 Å². The summed E-state index contributed by atoms with van der Waals surface area (Å²) in [6.45, 7) is 2.25. The summed E-state index contributed by atoms with van der Waals surface area (Å²) >= 11 is 6.26. The molecule has 1 heterocycles. The third-order valence-corrected chi connectivity index (χ3v) is 7.59. The minimum Gasteiger partial charge on any atom is -0.465 e. The van der Waals surface area contributed by atoms with E-state index < -0.39 is 6.09 Å². The van der Waals surface area contributed by atoms with Gasteiger partial charge in [0.15, 0.2) is 0 Å². The van der Waals surface area contributed by atoms with Gasteiger partial charge < -0.3 is 30.7 Å². The van der Waals surface area contributed by atoms with Crippen molar-refractivity contribution in [2.75, 3.05) is 39.8 Å². The first-order chi connectivity index (χ1) is 16.9. The highest BCUT2D eigenvalue weighted by Crippen LogP contribution is 2.34. The zero-order valence-electron chi connectivity index (χ0n) is 20.8. The molecular formula is C26H41ClN4O4. The summed E-state index contributed by atoms with van der Waals surface area (Å²) in [4.78, 5) is 27.4. The molecule has 3 atom stereocenters. The van der Waals surface area contributed by atoms with E-state index in [0.29, 0.717) is 30.6 Å². The molecule has 1 saturated carbocycles. The Morgan fingerprint density at radius 3 is 2.71 bits per heavy atom. The van der Waals surface area contributed by atoms with E-state index in [-0.39, 0.29) is 37.2 Å². The maximum absolute atomic E-state index is 13.2. The number of hydrogen-bond donors (Lipinski definition) is 3. The Bertz CT molecular complexity index is 820. The molecule has 3 unspecified atom stereocenters. The highest BCUT2D eigenvalue weighted by Gasteiger charge is 2.32. The Morgan fingerprint density at radius 2 is 2.03 bits per heavy atom. The quantitative estimate of drug-likeness (QED) is 0.423. The molecular weight excluding hydrogens is 468 g/mol. The molecule has 0 spiro atoms. The molecule has 1 saturated heterocycles. The Morgan fingerprint density at radius 1 is 1.26 bits per heavy atom. The van der Waals surface area contributed by atoms with Gasteiger partial charge in [0, 0.05) is 50.2 Å². The Balaban J connectivity index is 1.62. The van der Waals surface area contributed by atoms with Crippen molar-refractivity contribution in [3.05, 3.63) is 34.9 Å². The lowest BCUT2D eigenvalue weighted by Crippen LogP contribution is -2.51. The van der Waals surface area contributed by atoms with Gasteiger partial charge in [-0.25, -0.2) is 9.59 Å². The Hall–Kier alpha value is -2.03. The molecule has 8 nitrogen and oxygen atoms in total. The molecule has 196 valence electrons. The van der Waals surface area contributed by atoms with Gasteiger partial charge in [-0.3, -0.25) is 0 Å². The number of nitrogens with zero attached hydrogens (tertiary/aromatic N) is 2. The Kier molecular flexibility index (Phi) is 10.9. The summed E-state index contributed by atoms with van der Waals surface area (Å²) in [6, 6.07) is 7.52. The zero-order chi connectivity index (χ0) is 25.2. The number of carbonyl (C=O) groups excluding carboxylic acids is 1. The number of piperidine rings is 1. The highest BCUT2D eigenvalue weighted by molar-refractivity contribution is 6.30. The van der Waals surface area contributed by atoms with Gasteiger partial charge in [0.2, 0.25) is 0 Å². The first-order valence-corrected chi connectivity index (χ1v) is 13.3. The lowest BCUT2D eigenvalue weighted by Gasteiger charge is -2.38. The van der Waals surface area contributed by atoms with Crippen molar-refractivity contribution in [2.45, 2.75) is 63.5 Å². The van der Waals surface area contributed by atoms with Gasteiger partial charge in [-0.05, 0) is 42.9 Å². The number of amides is 3. The summed E-state index contributed by atoms with van der Waals surface area (Å²) in [5, 5.41) is 12.9. The van der Waals surface area contributed by atoms with Gasteiger partial charge in [0.1, 0.15) is 0 Å². The maximum atomic E-state index is 13.2. The molecule has 4 N–H and O–H groups in total. The average molecular weight is 509 g/mol. The van der Waals surface area contributed by atoms with Crippen LogP contribution in [0, 0.1) is 11.8 Å². The van der Waals surface area contributed by atoms with Crippen LogP contribution in [0.15, 0.2) is 24.3 Å². The van der Waals surface area contributed by atoms with E-state index in [1.54, 1.807) is 0 Å². The van der Waals surface area contributed by atoms with Crippen LogP contribution in [0.3, 0.4) is 0 Å². The lowest BCUT2D eigenvalue weighted by molar-refractivity contribution is -0.0155. The first-order valence-electron chi connectivity index (χ1n) is 12.9. The van der Waals surface area contributed by atoms with Crippen molar-refractivity contribution < 1.29 is 19.4 Å². The van der Waals surface area contributed by atoms with Crippen LogP contribution in [0.4, 0.5) is 9.59 Å². The molecule has 2 aliphatic rings. The minimum atomic E-state index is -0.990. The Labute approximate surface area is 214 Å². The van der Waals surface area contributed by atoms with Crippen molar-refractivity contribution in [3.8, 4) is 0 Å². The molecule has 3 amide bonds. The predicted octanol–water partition coefficient (Wildman–Crippen LogP) is 4.73. The number of likely N-dealkylation sites (tertiary alicyclic amines) is 1. The third-order valence-electron chi connectivity index (χ3n) is 7.36. The molecule has 1 aliphatic carbocycles. The van der Waals surface area contributed by atoms with E-state index in [2.05, 4.69) is 5.32 Å². The van der Waals surface area contributed by atoms with Crippen molar-refractivity contribution in [1.82, 2.24) is 15.1 Å². The van der Waals surface area contributed by atoms with Crippen LogP contribution in [-0.2, 0) is 4.74 Å². The smallest absolute Gasteiger partial charge is 0.407 e. The number of halogens is 1. The molecule has 0 bridgehead atoms. The first kappa shape index (κ1) is 27.6. The van der Waals surface area contributed by atoms with Crippen LogP contribution in [0.1, 0.15) is 63.0 Å². The summed E-state index contributed by atoms with van der Waals surface area (Å²) in [5.74, 6) is 0.731. The topological polar surface area (TPSA) is 108 Å². The van der Waals surface area contributed by atoms with Gasteiger partial charge in [-0.2, -0.15) is 0 Å². The molecule has 1 aromatic carbocycles. The van der Waals surface area contributed by atoms with Gasteiger partial charge in [0.25, 0.3) is 0 Å². The van der Waals surface area contributed by atoms with Crippen LogP contribution in [0.2, 0.25) is 5.02 Å². The molecule has 0 aromatic heterocycles. The number of carbonyl (C=O) groups is 2. The fraction of sp³-hybridized carbons (Fsp3) is 0.692. The summed E-state index contributed by atoms with van der Waals surface area (Å²) in [5.41, 5.74) is 6.97. The molecule has 2 fully saturated rings. The summed E-state index contributed by atoms with van der Waals surface area (Å²) in [7, 11) is 1.52. The molecule has 9 heteroatoms. The second kappa shape index (κ2) is 13.9. The number of likely N-dealkylation sites (N-methyl/N-ethyl adjacent to an activating group) is 1. The van der Waals surface area contributed by atoms with Crippen molar-refractivity contribution in [2.24, 2.45) is 17.6 Å². The zero-order valence-corrected chi connectivity index (χ0v) is 21.6. The van der Waals surface area contributed by atoms with Crippen LogP contribution in [-0.4, -0.2) is 72.9 Å². The van der Waals surface area contributed by atoms with Gasteiger partial charge in [0.05, 0.1) is 12.7 Å². The van der Waals surface area contributed by atoms with Gasteiger partial charge >= 0.3 is 12.1 Å². The number of nitrogens with two attached hydrogens (primary N) is 1. The van der Waals surface area contributed by atoms with Crippen LogP contribution < -0.4 is 11.1 Å². The van der Waals surface area contributed by atoms with Crippen LogP contribution >= 0.6 is 11.6 Å². The van der Waals surface area contributed by atoms with Gasteiger partial charge in [-0.1, -0.05) is 55.8 Å². The van der Waals surface area contributed by atoms with E-state index in [1.807, 2.05) is 29.2 Å². The molecule has 1 aromatic rings. The number of nitrogens with one attached hydrogen (secondary N) is 1. The fourth-order valence-corrected chi connectivity index (χ4v) is 5.55. The molecule has 35 heavy (non-hydrogen) atoms. The lowest BCUT2D eigenvalue weighted by atomic mass is 9.85.